The van der Waals surface area contributed by atoms with E-state index in [1.165, 1.54) is 12.1 Å². The largest absolute Gasteiger partial charge is 0.481 e. The van der Waals surface area contributed by atoms with Crippen molar-refractivity contribution in [2.24, 2.45) is 5.92 Å². The third-order valence-electron chi connectivity index (χ3n) is 3.23. The molecule has 19 heavy (non-hydrogen) atoms. The van der Waals surface area contributed by atoms with Gasteiger partial charge in [-0.15, -0.1) is 0 Å². The highest BCUT2D eigenvalue weighted by molar-refractivity contribution is 5.70. The number of carbonyl (C=O) groups is 1. The lowest BCUT2D eigenvalue weighted by atomic mass is 10.1. The van der Waals surface area contributed by atoms with E-state index in [1.54, 1.807) is 0 Å². The fourth-order valence-electron chi connectivity index (χ4n) is 2.25. The molecule has 8 heteroatoms. The highest BCUT2D eigenvalue weighted by atomic mass is 16.6. The number of anilines is 2. The minimum absolute atomic E-state index is 0.00876. The van der Waals surface area contributed by atoms with Crippen molar-refractivity contribution < 1.29 is 14.8 Å². The summed E-state index contributed by atoms with van der Waals surface area (Å²) in [6, 6.07) is 2.77. The molecule has 2 unspecified atom stereocenters. The maximum Gasteiger partial charge on any atom is 0.311 e. The van der Waals surface area contributed by atoms with E-state index in [0.717, 1.165) is 6.42 Å². The van der Waals surface area contributed by atoms with Crippen LogP contribution >= 0.6 is 0 Å². The SMILES string of the molecule is Nc1nc(NC2CCC(C(=O)O)C2)ccc1[N+](=O)[O-]. The van der Waals surface area contributed by atoms with Gasteiger partial charge in [-0.1, -0.05) is 0 Å². The Hall–Kier alpha value is -2.38. The quantitative estimate of drug-likeness (QED) is 0.551. The van der Waals surface area contributed by atoms with Crippen molar-refractivity contribution in [2.45, 2.75) is 25.3 Å². The van der Waals surface area contributed by atoms with Gasteiger partial charge in [0.05, 0.1) is 10.8 Å². The summed E-state index contributed by atoms with van der Waals surface area (Å²) in [5.74, 6) is -0.852. The van der Waals surface area contributed by atoms with Gasteiger partial charge in [-0.2, -0.15) is 0 Å². The molecule has 0 aliphatic heterocycles. The summed E-state index contributed by atoms with van der Waals surface area (Å²) in [7, 11) is 0. The number of nitrogen functional groups attached to an aromatic ring is 1. The minimum Gasteiger partial charge on any atom is -0.481 e. The molecule has 0 radical (unpaired) electrons. The molecule has 4 N–H and O–H groups in total. The second kappa shape index (κ2) is 5.09. The standard InChI is InChI=1S/C11H14N4O4/c12-10-8(15(18)19)3-4-9(14-10)13-7-2-1-6(5-7)11(16)17/h3-4,6-7H,1-2,5H2,(H,16,17)(H3,12,13,14). The summed E-state index contributed by atoms with van der Waals surface area (Å²) >= 11 is 0. The molecule has 0 saturated heterocycles. The van der Waals surface area contributed by atoms with Crippen LogP contribution < -0.4 is 11.1 Å². The van der Waals surface area contributed by atoms with Crippen LogP contribution in [0.25, 0.3) is 0 Å². The maximum atomic E-state index is 10.8. The molecule has 1 aromatic rings. The number of hydrogen-bond acceptors (Lipinski definition) is 6. The number of aliphatic carboxylic acids is 1. The smallest absolute Gasteiger partial charge is 0.311 e. The van der Waals surface area contributed by atoms with Crippen LogP contribution in [0.15, 0.2) is 12.1 Å². The lowest BCUT2D eigenvalue weighted by Crippen LogP contribution is -2.18. The fourth-order valence-corrected chi connectivity index (χ4v) is 2.25. The Morgan fingerprint density at radius 3 is 2.79 bits per heavy atom. The van der Waals surface area contributed by atoms with Gasteiger partial charge in [0, 0.05) is 12.1 Å². The van der Waals surface area contributed by atoms with Crippen molar-refractivity contribution >= 4 is 23.3 Å². The lowest BCUT2D eigenvalue weighted by Gasteiger charge is -2.13. The third-order valence-corrected chi connectivity index (χ3v) is 3.23. The minimum atomic E-state index is -0.791. The van der Waals surface area contributed by atoms with Gasteiger partial charge in [0.15, 0.2) is 0 Å². The average molecular weight is 266 g/mol. The van der Waals surface area contributed by atoms with E-state index >= 15 is 0 Å². The summed E-state index contributed by atoms with van der Waals surface area (Å²) in [4.78, 5) is 24.7. The number of pyridine rings is 1. The molecular formula is C11H14N4O4. The van der Waals surface area contributed by atoms with E-state index in [-0.39, 0.29) is 23.5 Å². The van der Waals surface area contributed by atoms with Crippen LogP contribution in [0.1, 0.15) is 19.3 Å². The fraction of sp³-hybridized carbons (Fsp3) is 0.455. The summed E-state index contributed by atoms with van der Waals surface area (Å²) in [5, 5.41) is 22.6. The number of carboxylic acids is 1. The van der Waals surface area contributed by atoms with Gasteiger partial charge >= 0.3 is 11.7 Å². The molecular weight excluding hydrogens is 252 g/mol. The molecule has 1 aliphatic rings. The van der Waals surface area contributed by atoms with E-state index in [2.05, 4.69) is 10.3 Å². The molecule has 0 bridgehead atoms. The van der Waals surface area contributed by atoms with E-state index in [4.69, 9.17) is 10.8 Å². The molecule has 1 heterocycles. The van der Waals surface area contributed by atoms with Crippen LogP contribution in [-0.2, 0) is 4.79 Å². The Kier molecular flexibility index (Phi) is 3.50. The van der Waals surface area contributed by atoms with Crippen LogP contribution in [0.3, 0.4) is 0 Å². The highest BCUT2D eigenvalue weighted by Gasteiger charge is 2.29. The first kappa shape index (κ1) is 13.1. The molecule has 1 saturated carbocycles. The molecule has 0 aromatic carbocycles. The van der Waals surface area contributed by atoms with Crippen molar-refractivity contribution in [1.29, 1.82) is 0 Å². The van der Waals surface area contributed by atoms with E-state index < -0.39 is 10.9 Å². The van der Waals surface area contributed by atoms with Gasteiger partial charge in [-0.05, 0) is 25.3 Å². The van der Waals surface area contributed by atoms with Crippen molar-refractivity contribution in [2.75, 3.05) is 11.1 Å². The molecule has 8 nitrogen and oxygen atoms in total. The Bertz CT molecular complexity index is 519. The summed E-state index contributed by atoms with van der Waals surface area (Å²) < 4.78 is 0. The summed E-state index contributed by atoms with van der Waals surface area (Å²) in [6.45, 7) is 0. The second-order valence-corrected chi connectivity index (χ2v) is 4.55. The van der Waals surface area contributed by atoms with Crippen LogP contribution in [0.2, 0.25) is 0 Å². The van der Waals surface area contributed by atoms with Crippen molar-refractivity contribution in [1.82, 2.24) is 4.98 Å². The number of nitrogens with one attached hydrogen (secondary N) is 1. The molecule has 1 fully saturated rings. The van der Waals surface area contributed by atoms with Gasteiger partial charge in [0.25, 0.3) is 0 Å². The summed E-state index contributed by atoms with van der Waals surface area (Å²) in [6.07, 6.45) is 1.87. The number of aromatic nitrogens is 1. The lowest BCUT2D eigenvalue weighted by molar-refractivity contribution is -0.384. The second-order valence-electron chi connectivity index (χ2n) is 4.55. The number of nitrogens with zero attached hydrogens (tertiary/aromatic N) is 2. The zero-order chi connectivity index (χ0) is 14.0. The van der Waals surface area contributed by atoms with Gasteiger partial charge in [0.1, 0.15) is 5.82 Å². The zero-order valence-corrected chi connectivity index (χ0v) is 10.1. The summed E-state index contributed by atoms with van der Waals surface area (Å²) in [5.41, 5.74) is 5.25. The van der Waals surface area contributed by atoms with E-state index in [9.17, 15) is 14.9 Å². The van der Waals surface area contributed by atoms with Crippen LogP contribution in [0.4, 0.5) is 17.3 Å². The van der Waals surface area contributed by atoms with Crippen molar-refractivity contribution in [3.63, 3.8) is 0 Å². The number of rotatable bonds is 4. The zero-order valence-electron chi connectivity index (χ0n) is 10.1. The molecule has 0 amide bonds. The Morgan fingerprint density at radius 2 is 2.26 bits per heavy atom. The number of carboxylic acid groups (broad SMARTS) is 1. The third kappa shape index (κ3) is 2.90. The van der Waals surface area contributed by atoms with Crippen LogP contribution in [-0.4, -0.2) is 27.0 Å². The number of nitro groups is 1. The maximum absolute atomic E-state index is 10.8. The Balaban J connectivity index is 2.03. The first-order valence-electron chi connectivity index (χ1n) is 5.87. The van der Waals surface area contributed by atoms with Crippen LogP contribution in [0, 0.1) is 16.0 Å². The monoisotopic (exact) mass is 266 g/mol. The normalized spacial score (nSPS) is 22.1. The average Bonchev–Trinajstić information content (AvgIpc) is 2.77. The molecule has 2 rings (SSSR count). The molecule has 102 valence electrons. The van der Waals surface area contributed by atoms with Crippen molar-refractivity contribution in [3.8, 4) is 0 Å². The topological polar surface area (TPSA) is 131 Å². The van der Waals surface area contributed by atoms with Crippen molar-refractivity contribution in [3.05, 3.63) is 22.2 Å². The van der Waals surface area contributed by atoms with Gasteiger partial charge in [-0.3, -0.25) is 14.9 Å². The first-order chi connectivity index (χ1) is 8.97. The molecule has 1 aromatic heterocycles. The highest BCUT2D eigenvalue weighted by Crippen LogP contribution is 2.29. The molecule has 1 aliphatic carbocycles. The first-order valence-corrected chi connectivity index (χ1v) is 5.87. The Labute approximate surface area is 108 Å². The van der Waals surface area contributed by atoms with Gasteiger partial charge in [-0.25, -0.2) is 4.98 Å². The van der Waals surface area contributed by atoms with E-state index in [0.29, 0.717) is 18.7 Å². The van der Waals surface area contributed by atoms with Gasteiger partial charge < -0.3 is 16.2 Å². The Morgan fingerprint density at radius 1 is 1.53 bits per heavy atom. The molecule has 0 spiro atoms. The van der Waals surface area contributed by atoms with E-state index in [1.807, 2.05) is 0 Å². The molecule has 2 atom stereocenters. The number of hydrogen-bond donors (Lipinski definition) is 3. The predicted molar refractivity (Wildman–Crippen MR) is 67.7 cm³/mol. The van der Waals surface area contributed by atoms with Crippen LogP contribution in [0.5, 0.6) is 0 Å². The predicted octanol–water partition coefficient (Wildman–Crippen LogP) is 1.24. The van der Waals surface area contributed by atoms with Gasteiger partial charge in [0.2, 0.25) is 5.82 Å². The number of nitrogens with two attached hydrogens (primary N) is 1.